The molecule has 0 bridgehead atoms. The Morgan fingerprint density at radius 1 is 1.20 bits per heavy atom. The maximum absolute atomic E-state index is 9.98. The van der Waals surface area contributed by atoms with Gasteiger partial charge in [0.2, 0.25) is 0 Å². The van der Waals surface area contributed by atoms with E-state index in [0.717, 1.165) is 16.7 Å². The molecule has 2 nitrogen and oxygen atoms in total. The summed E-state index contributed by atoms with van der Waals surface area (Å²) >= 11 is 0. The number of hydrogen-bond acceptors (Lipinski definition) is 2. The van der Waals surface area contributed by atoms with Crippen LogP contribution in [0.15, 0.2) is 18.2 Å². The van der Waals surface area contributed by atoms with Gasteiger partial charge in [0.25, 0.3) is 0 Å². The molecule has 0 aromatic heterocycles. The van der Waals surface area contributed by atoms with Crippen LogP contribution in [0, 0.1) is 13.8 Å². The van der Waals surface area contributed by atoms with Crippen molar-refractivity contribution in [3.8, 4) is 5.75 Å². The van der Waals surface area contributed by atoms with Crippen molar-refractivity contribution >= 4 is 14.4 Å². The van der Waals surface area contributed by atoms with Crippen molar-refractivity contribution in [2.24, 2.45) is 0 Å². The molecule has 1 aromatic carbocycles. The number of hydrogen-bond donors (Lipinski definition) is 1. The number of phenols is 1. The van der Waals surface area contributed by atoms with E-state index in [1.54, 1.807) is 6.07 Å². The molecular weight excluding hydrogens is 264 g/mol. The number of aryl methyl sites for hydroxylation is 2. The van der Waals surface area contributed by atoms with Crippen molar-refractivity contribution in [1.29, 1.82) is 0 Å². The summed E-state index contributed by atoms with van der Waals surface area (Å²) in [7, 11) is -1.69. The van der Waals surface area contributed by atoms with Crippen LogP contribution in [0.5, 0.6) is 5.75 Å². The van der Waals surface area contributed by atoms with Crippen molar-refractivity contribution < 1.29 is 9.53 Å². The summed E-state index contributed by atoms with van der Waals surface area (Å²) in [6.45, 7) is 15.8. The number of benzene rings is 1. The van der Waals surface area contributed by atoms with Gasteiger partial charge in [-0.15, -0.1) is 0 Å². The van der Waals surface area contributed by atoms with Gasteiger partial charge in [-0.3, -0.25) is 0 Å². The molecule has 0 aliphatic heterocycles. The molecule has 0 unspecified atom stereocenters. The van der Waals surface area contributed by atoms with E-state index < -0.39 is 8.32 Å². The van der Waals surface area contributed by atoms with Crippen LogP contribution >= 0.6 is 0 Å². The van der Waals surface area contributed by atoms with Crippen LogP contribution in [-0.4, -0.2) is 20.0 Å². The van der Waals surface area contributed by atoms with E-state index in [0.29, 0.717) is 12.4 Å². The van der Waals surface area contributed by atoms with E-state index in [-0.39, 0.29) is 5.04 Å². The highest BCUT2D eigenvalue weighted by molar-refractivity contribution is 6.74. The summed E-state index contributed by atoms with van der Waals surface area (Å²) in [5.74, 6) is 0.339. The molecule has 0 amide bonds. The lowest BCUT2D eigenvalue weighted by Gasteiger charge is -2.35. The Kier molecular flexibility index (Phi) is 5.22. The molecule has 0 fully saturated rings. The van der Waals surface area contributed by atoms with Gasteiger partial charge in [-0.2, -0.15) is 0 Å². The monoisotopic (exact) mass is 292 g/mol. The summed E-state index contributed by atoms with van der Waals surface area (Å²) in [5, 5.41) is 10.2. The second kappa shape index (κ2) is 6.14. The summed E-state index contributed by atoms with van der Waals surface area (Å²) < 4.78 is 6.09. The Bertz CT molecular complexity index is 473. The molecule has 1 aromatic rings. The van der Waals surface area contributed by atoms with Gasteiger partial charge >= 0.3 is 0 Å². The van der Waals surface area contributed by atoms with Crippen molar-refractivity contribution in [2.45, 2.75) is 52.8 Å². The average Bonchev–Trinajstić information content (AvgIpc) is 2.24. The topological polar surface area (TPSA) is 29.5 Å². The Hall–Kier alpha value is -1.06. The third-order valence-electron chi connectivity index (χ3n) is 4.14. The Balaban J connectivity index is 2.72. The zero-order chi connectivity index (χ0) is 15.6. The summed E-state index contributed by atoms with van der Waals surface area (Å²) in [6.07, 6.45) is 3.95. The smallest absolute Gasteiger partial charge is 0.192 e. The van der Waals surface area contributed by atoms with Gasteiger partial charge in [-0.25, -0.2) is 0 Å². The summed E-state index contributed by atoms with van der Waals surface area (Å²) in [6, 6.07) is 3.87. The second-order valence-electron chi connectivity index (χ2n) is 6.99. The molecule has 0 spiro atoms. The molecule has 0 saturated carbocycles. The molecular formula is C17H28O2Si. The quantitative estimate of drug-likeness (QED) is 0.787. The predicted molar refractivity (Wildman–Crippen MR) is 89.8 cm³/mol. The molecule has 0 aliphatic carbocycles. The van der Waals surface area contributed by atoms with Crippen LogP contribution in [-0.2, 0) is 4.43 Å². The lowest BCUT2D eigenvalue weighted by molar-refractivity contribution is 0.328. The minimum Gasteiger partial charge on any atom is -0.507 e. The van der Waals surface area contributed by atoms with Crippen LogP contribution in [0.3, 0.4) is 0 Å². The Labute approximate surface area is 124 Å². The summed E-state index contributed by atoms with van der Waals surface area (Å²) in [4.78, 5) is 0. The minimum atomic E-state index is -1.69. The van der Waals surface area contributed by atoms with E-state index in [9.17, 15) is 5.11 Å². The Morgan fingerprint density at radius 2 is 1.80 bits per heavy atom. The summed E-state index contributed by atoms with van der Waals surface area (Å²) in [5.41, 5.74) is 3.05. The first-order chi connectivity index (χ1) is 9.04. The SMILES string of the molecule is Cc1cc(C)c(/C=C\CO[Si](C)(C)C(C)(C)C)c(O)c1. The number of aromatic hydroxyl groups is 1. The standard InChI is InChI=1S/C17H28O2Si/c1-13-11-14(2)15(16(18)12-13)9-8-10-19-20(6,7)17(3,4)5/h8-9,11-12,18H,10H2,1-7H3/b9-8-. The van der Waals surface area contributed by atoms with E-state index >= 15 is 0 Å². The highest BCUT2D eigenvalue weighted by Gasteiger charge is 2.36. The number of phenolic OH excluding ortho intramolecular Hbond substituents is 1. The van der Waals surface area contributed by atoms with Crippen molar-refractivity contribution in [2.75, 3.05) is 6.61 Å². The molecule has 0 radical (unpaired) electrons. The first-order valence-corrected chi connectivity index (χ1v) is 10.1. The van der Waals surface area contributed by atoms with Gasteiger partial charge in [0.15, 0.2) is 8.32 Å². The van der Waals surface area contributed by atoms with Crippen molar-refractivity contribution in [1.82, 2.24) is 0 Å². The van der Waals surface area contributed by atoms with Crippen LogP contribution in [0.25, 0.3) is 6.08 Å². The first kappa shape index (κ1) is 17.0. The lowest BCUT2D eigenvalue weighted by atomic mass is 10.0. The minimum absolute atomic E-state index is 0.225. The van der Waals surface area contributed by atoms with Gasteiger partial charge in [0.05, 0.1) is 6.61 Å². The van der Waals surface area contributed by atoms with E-state index in [1.165, 1.54) is 0 Å². The largest absolute Gasteiger partial charge is 0.507 e. The Morgan fingerprint density at radius 3 is 2.30 bits per heavy atom. The lowest BCUT2D eigenvalue weighted by Crippen LogP contribution is -2.40. The number of rotatable bonds is 4. The second-order valence-corrected chi connectivity index (χ2v) is 11.8. The van der Waals surface area contributed by atoms with Gasteiger partial charge in [-0.1, -0.05) is 39.0 Å². The zero-order valence-electron chi connectivity index (χ0n) is 13.9. The van der Waals surface area contributed by atoms with Crippen LogP contribution in [0.1, 0.15) is 37.5 Å². The molecule has 1 rings (SSSR count). The van der Waals surface area contributed by atoms with E-state index in [2.05, 4.69) is 39.9 Å². The first-order valence-electron chi connectivity index (χ1n) is 7.15. The molecule has 0 aliphatic rings. The fourth-order valence-electron chi connectivity index (χ4n) is 1.81. The van der Waals surface area contributed by atoms with Gasteiger partial charge in [-0.05, 0) is 49.2 Å². The maximum atomic E-state index is 9.98. The van der Waals surface area contributed by atoms with Gasteiger partial charge in [0.1, 0.15) is 5.75 Å². The fraction of sp³-hybridized carbons (Fsp3) is 0.529. The zero-order valence-corrected chi connectivity index (χ0v) is 14.9. The molecule has 112 valence electrons. The van der Waals surface area contributed by atoms with E-state index in [1.807, 2.05) is 26.0 Å². The van der Waals surface area contributed by atoms with Gasteiger partial charge < -0.3 is 9.53 Å². The molecule has 3 heteroatoms. The molecule has 0 atom stereocenters. The molecule has 20 heavy (non-hydrogen) atoms. The molecule has 1 N–H and O–H groups in total. The average molecular weight is 292 g/mol. The maximum Gasteiger partial charge on any atom is 0.192 e. The fourth-order valence-corrected chi connectivity index (χ4v) is 2.76. The highest BCUT2D eigenvalue weighted by Crippen LogP contribution is 2.36. The van der Waals surface area contributed by atoms with Crippen molar-refractivity contribution in [3.05, 3.63) is 34.9 Å². The van der Waals surface area contributed by atoms with Gasteiger partial charge in [0, 0.05) is 5.56 Å². The predicted octanol–water partition coefficient (Wildman–Crippen LogP) is 5.04. The van der Waals surface area contributed by atoms with Crippen molar-refractivity contribution in [3.63, 3.8) is 0 Å². The molecule has 0 heterocycles. The van der Waals surface area contributed by atoms with Crippen LogP contribution in [0.2, 0.25) is 18.1 Å². The molecule has 0 saturated heterocycles. The normalized spacial score (nSPS) is 13.2. The third kappa shape index (κ3) is 4.22. The highest BCUT2D eigenvalue weighted by atomic mass is 28.4. The van der Waals surface area contributed by atoms with Crippen LogP contribution in [0.4, 0.5) is 0 Å². The third-order valence-corrected chi connectivity index (χ3v) is 8.64. The van der Waals surface area contributed by atoms with Crippen LogP contribution < -0.4 is 0 Å². The van der Waals surface area contributed by atoms with E-state index in [4.69, 9.17) is 4.43 Å².